The number of hydrogen-bond donors (Lipinski definition) is 0. The van der Waals surface area contributed by atoms with Crippen molar-refractivity contribution >= 4 is 0 Å². The highest BCUT2D eigenvalue weighted by molar-refractivity contribution is 5.27. The SMILES string of the molecule is CO[C@@H]1COC[C@H]1n1cc(COc2cccc(C)c2)nn1. The lowest BCUT2D eigenvalue weighted by atomic mass is 10.2. The fraction of sp³-hybridized carbons (Fsp3) is 0.467. The van der Waals surface area contributed by atoms with E-state index in [4.69, 9.17) is 14.2 Å². The van der Waals surface area contributed by atoms with E-state index in [1.807, 2.05) is 37.4 Å². The van der Waals surface area contributed by atoms with Crippen molar-refractivity contribution in [2.75, 3.05) is 20.3 Å². The van der Waals surface area contributed by atoms with Gasteiger partial charge < -0.3 is 14.2 Å². The molecule has 1 aliphatic heterocycles. The largest absolute Gasteiger partial charge is 0.487 e. The van der Waals surface area contributed by atoms with Gasteiger partial charge in [-0.3, -0.25) is 0 Å². The Bertz CT molecular complexity index is 599. The first-order valence-corrected chi connectivity index (χ1v) is 6.97. The summed E-state index contributed by atoms with van der Waals surface area (Å²) in [5.41, 5.74) is 1.96. The molecule has 6 heteroatoms. The molecule has 3 rings (SSSR count). The Morgan fingerprint density at radius 3 is 3.10 bits per heavy atom. The van der Waals surface area contributed by atoms with Gasteiger partial charge in [0.05, 0.1) is 19.4 Å². The van der Waals surface area contributed by atoms with Gasteiger partial charge in [0, 0.05) is 7.11 Å². The average molecular weight is 289 g/mol. The lowest BCUT2D eigenvalue weighted by Crippen LogP contribution is -2.24. The minimum absolute atomic E-state index is 0.0252. The van der Waals surface area contributed by atoms with Crippen LogP contribution in [-0.4, -0.2) is 41.4 Å². The van der Waals surface area contributed by atoms with Crippen molar-refractivity contribution in [1.29, 1.82) is 0 Å². The highest BCUT2D eigenvalue weighted by Gasteiger charge is 2.30. The Kier molecular flexibility index (Phi) is 4.17. The molecule has 112 valence electrons. The highest BCUT2D eigenvalue weighted by Crippen LogP contribution is 2.21. The van der Waals surface area contributed by atoms with Gasteiger partial charge in [0.1, 0.15) is 30.2 Å². The summed E-state index contributed by atoms with van der Waals surface area (Å²) in [5, 5.41) is 8.30. The first-order chi connectivity index (χ1) is 10.3. The molecule has 1 fully saturated rings. The summed E-state index contributed by atoms with van der Waals surface area (Å²) < 4.78 is 18.3. The molecule has 0 radical (unpaired) electrons. The highest BCUT2D eigenvalue weighted by atomic mass is 16.5. The summed E-state index contributed by atoms with van der Waals surface area (Å²) >= 11 is 0. The topological polar surface area (TPSA) is 58.4 Å². The standard InChI is InChI=1S/C15H19N3O3/c1-11-4-3-5-13(6-11)21-8-12-7-18(17-16-12)14-9-20-10-15(14)19-2/h3-7,14-15H,8-10H2,1-2H3/t14-,15-/m1/s1. The van der Waals surface area contributed by atoms with E-state index in [1.165, 1.54) is 5.56 Å². The Morgan fingerprint density at radius 1 is 1.38 bits per heavy atom. The quantitative estimate of drug-likeness (QED) is 0.839. The third-order valence-corrected chi connectivity index (χ3v) is 3.58. The maximum Gasteiger partial charge on any atom is 0.134 e. The molecule has 6 nitrogen and oxygen atoms in total. The van der Waals surface area contributed by atoms with E-state index in [0.717, 1.165) is 11.4 Å². The van der Waals surface area contributed by atoms with Crippen molar-refractivity contribution in [1.82, 2.24) is 15.0 Å². The van der Waals surface area contributed by atoms with Crippen LogP contribution in [0.4, 0.5) is 0 Å². The number of methoxy groups -OCH3 is 1. The van der Waals surface area contributed by atoms with E-state index in [9.17, 15) is 0 Å². The Morgan fingerprint density at radius 2 is 2.29 bits per heavy atom. The molecule has 0 N–H and O–H groups in total. The van der Waals surface area contributed by atoms with Crippen LogP contribution in [-0.2, 0) is 16.1 Å². The Hall–Kier alpha value is -1.92. The fourth-order valence-corrected chi connectivity index (χ4v) is 2.40. The van der Waals surface area contributed by atoms with Crippen LogP contribution in [0.5, 0.6) is 5.75 Å². The maximum absolute atomic E-state index is 5.72. The molecule has 0 aliphatic carbocycles. The number of aromatic nitrogens is 3. The molecule has 1 aromatic carbocycles. The van der Waals surface area contributed by atoms with Crippen molar-refractivity contribution in [3.8, 4) is 5.75 Å². The van der Waals surface area contributed by atoms with Crippen LogP contribution in [0, 0.1) is 6.92 Å². The van der Waals surface area contributed by atoms with Crippen LogP contribution < -0.4 is 4.74 Å². The molecule has 0 bridgehead atoms. The van der Waals surface area contributed by atoms with E-state index in [-0.39, 0.29) is 12.1 Å². The van der Waals surface area contributed by atoms with E-state index >= 15 is 0 Å². The summed E-state index contributed by atoms with van der Waals surface area (Å²) in [6.07, 6.45) is 1.92. The molecule has 21 heavy (non-hydrogen) atoms. The molecule has 2 aromatic rings. The van der Waals surface area contributed by atoms with Crippen LogP contribution in [0.3, 0.4) is 0 Å². The van der Waals surface area contributed by atoms with Gasteiger partial charge in [-0.15, -0.1) is 5.10 Å². The molecular weight excluding hydrogens is 270 g/mol. The van der Waals surface area contributed by atoms with Gasteiger partial charge >= 0.3 is 0 Å². The predicted octanol–water partition coefficient (Wildman–Crippen LogP) is 1.75. The van der Waals surface area contributed by atoms with Gasteiger partial charge in [-0.1, -0.05) is 17.3 Å². The van der Waals surface area contributed by atoms with Crippen molar-refractivity contribution in [3.05, 3.63) is 41.7 Å². The Balaban J connectivity index is 1.63. The molecule has 0 unspecified atom stereocenters. The monoisotopic (exact) mass is 289 g/mol. The summed E-state index contributed by atoms with van der Waals surface area (Å²) in [4.78, 5) is 0. The van der Waals surface area contributed by atoms with Gasteiger partial charge in [0.25, 0.3) is 0 Å². The van der Waals surface area contributed by atoms with E-state index in [1.54, 1.807) is 11.8 Å². The molecule has 0 amide bonds. The predicted molar refractivity (Wildman–Crippen MR) is 76.2 cm³/mol. The third-order valence-electron chi connectivity index (χ3n) is 3.58. The second-order valence-corrected chi connectivity index (χ2v) is 5.17. The summed E-state index contributed by atoms with van der Waals surface area (Å²) in [5.74, 6) is 0.837. The minimum atomic E-state index is 0.0252. The minimum Gasteiger partial charge on any atom is -0.487 e. The van der Waals surface area contributed by atoms with Crippen molar-refractivity contribution in [3.63, 3.8) is 0 Å². The van der Waals surface area contributed by atoms with Crippen molar-refractivity contribution in [2.24, 2.45) is 0 Å². The second kappa shape index (κ2) is 6.24. The molecule has 1 saturated heterocycles. The van der Waals surface area contributed by atoms with Crippen LogP contribution in [0.15, 0.2) is 30.5 Å². The lowest BCUT2D eigenvalue weighted by molar-refractivity contribution is 0.0661. The molecular formula is C15H19N3O3. The van der Waals surface area contributed by atoms with E-state index in [2.05, 4.69) is 10.3 Å². The number of benzene rings is 1. The normalized spacial score (nSPS) is 21.6. The lowest BCUT2D eigenvalue weighted by Gasteiger charge is -2.15. The summed E-state index contributed by atoms with van der Waals surface area (Å²) in [7, 11) is 1.69. The van der Waals surface area contributed by atoms with Crippen molar-refractivity contribution in [2.45, 2.75) is 25.7 Å². The van der Waals surface area contributed by atoms with Gasteiger partial charge in [-0.2, -0.15) is 0 Å². The zero-order valence-corrected chi connectivity index (χ0v) is 12.2. The Labute approximate surface area is 123 Å². The van der Waals surface area contributed by atoms with Crippen LogP contribution >= 0.6 is 0 Å². The fourth-order valence-electron chi connectivity index (χ4n) is 2.40. The average Bonchev–Trinajstić information content (AvgIpc) is 3.13. The summed E-state index contributed by atoms with van der Waals surface area (Å²) in [6.45, 7) is 3.62. The van der Waals surface area contributed by atoms with Gasteiger partial charge in [-0.25, -0.2) is 4.68 Å². The van der Waals surface area contributed by atoms with Crippen molar-refractivity contribution < 1.29 is 14.2 Å². The maximum atomic E-state index is 5.72. The summed E-state index contributed by atoms with van der Waals surface area (Å²) in [6, 6.07) is 8.02. The first kappa shape index (κ1) is 14.0. The zero-order valence-electron chi connectivity index (χ0n) is 12.2. The number of ether oxygens (including phenoxy) is 3. The first-order valence-electron chi connectivity index (χ1n) is 6.97. The number of aryl methyl sites for hydroxylation is 1. The van der Waals surface area contributed by atoms with E-state index in [0.29, 0.717) is 19.8 Å². The van der Waals surface area contributed by atoms with E-state index < -0.39 is 0 Å². The van der Waals surface area contributed by atoms with Gasteiger partial charge in [0.2, 0.25) is 0 Å². The molecule has 0 spiro atoms. The molecule has 2 heterocycles. The van der Waals surface area contributed by atoms with Crippen LogP contribution in [0.25, 0.3) is 0 Å². The number of rotatable bonds is 5. The third kappa shape index (κ3) is 3.22. The van der Waals surface area contributed by atoms with Crippen LogP contribution in [0.1, 0.15) is 17.3 Å². The zero-order chi connectivity index (χ0) is 14.7. The van der Waals surface area contributed by atoms with Gasteiger partial charge in [0.15, 0.2) is 0 Å². The van der Waals surface area contributed by atoms with Gasteiger partial charge in [-0.05, 0) is 24.6 Å². The smallest absolute Gasteiger partial charge is 0.134 e. The molecule has 2 atom stereocenters. The number of hydrogen-bond acceptors (Lipinski definition) is 5. The van der Waals surface area contributed by atoms with Crippen LogP contribution in [0.2, 0.25) is 0 Å². The molecule has 0 saturated carbocycles. The molecule has 1 aliphatic rings. The number of nitrogens with zero attached hydrogens (tertiary/aromatic N) is 3. The second-order valence-electron chi connectivity index (χ2n) is 5.17. The molecule has 1 aromatic heterocycles.